The summed E-state index contributed by atoms with van der Waals surface area (Å²) in [7, 11) is 0. The van der Waals surface area contributed by atoms with Crippen molar-refractivity contribution in [3.05, 3.63) is 75.7 Å². The quantitative estimate of drug-likeness (QED) is 0.700. The van der Waals surface area contributed by atoms with Gasteiger partial charge in [0.1, 0.15) is 0 Å². The lowest BCUT2D eigenvalue weighted by Crippen LogP contribution is -1.87. The molecule has 4 nitrogen and oxygen atoms in total. The van der Waals surface area contributed by atoms with Crippen LogP contribution in [-0.2, 0) is 6.42 Å². The Morgan fingerprint density at radius 1 is 1.14 bits per heavy atom. The summed E-state index contributed by atoms with van der Waals surface area (Å²) in [6.45, 7) is 1.96. The number of halogens is 1. The van der Waals surface area contributed by atoms with Gasteiger partial charge in [-0.05, 0) is 42.3 Å². The van der Waals surface area contributed by atoms with Crippen LogP contribution in [0.4, 0.5) is 0 Å². The molecule has 0 unspecified atom stereocenters. The summed E-state index contributed by atoms with van der Waals surface area (Å²) < 4.78 is 6.68. The molecule has 0 saturated heterocycles. The van der Waals surface area contributed by atoms with Gasteiger partial charge in [-0.15, -0.1) is 10.2 Å². The highest BCUT2D eigenvalue weighted by Gasteiger charge is 2.05. The minimum Gasteiger partial charge on any atom is -0.421 e. The molecule has 0 aliphatic carbocycles. The Hall–Kier alpha value is -2.27. The number of hydrogen-bond donors (Lipinski definition) is 0. The molecule has 1 aromatic carbocycles. The maximum absolute atomic E-state index is 5.64. The summed E-state index contributed by atoms with van der Waals surface area (Å²) in [4.78, 5) is 4.24. The summed E-state index contributed by atoms with van der Waals surface area (Å²) in [5, 5.41) is 8.12. The Bertz CT molecular complexity index is 811. The average Bonchev–Trinajstić information content (AvgIpc) is 2.94. The lowest BCUT2D eigenvalue weighted by atomic mass is 10.1. The summed E-state index contributed by atoms with van der Waals surface area (Å²) >= 11 is 3.45. The van der Waals surface area contributed by atoms with Crippen molar-refractivity contribution in [3.8, 4) is 0 Å². The molecular formula is C17H14BrN3O. The fraction of sp³-hybridized carbons (Fsp3) is 0.118. The van der Waals surface area contributed by atoms with Crippen LogP contribution in [-0.4, -0.2) is 15.2 Å². The molecule has 0 bridgehead atoms. The molecule has 0 amide bonds. The van der Waals surface area contributed by atoms with Gasteiger partial charge >= 0.3 is 0 Å². The summed E-state index contributed by atoms with van der Waals surface area (Å²) in [5.41, 5.74) is 3.12. The second kappa shape index (κ2) is 6.66. The van der Waals surface area contributed by atoms with E-state index in [0.717, 1.165) is 21.3 Å². The zero-order chi connectivity index (χ0) is 15.4. The monoisotopic (exact) mass is 355 g/mol. The first-order valence-electron chi connectivity index (χ1n) is 6.87. The van der Waals surface area contributed by atoms with Crippen LogP contribution in [0, 0.1) is 6.92 Å². The highest BCUT2D eigenvalue weighted by atomic mass is 79.9. The van der Waals surface area contributed by atoms with Crippen LogP contribution in [0.2, 0.25) is 0 Å². The molecule has 0 atom stereocenters. The number of benzene rings is 1. The first kappa shape index (κ1) is 14.7. The number of aromatic nitrogens is 3. The largest absolute Gasteiger partial charge is 0.421 e. The van der Waals surface area contributed by atoms with Gasteiger partial charge in [-0.2, -0.15) is 0 Å². The number of nitrogens with zero attached hydrogens (tertiary/aromatic N) is 3. The van der Waals surface area contributed by atoms with Gasteiger partial charge in [0.25, 0.3) is 0 Å². The van der Waals surface area contributed by atoms with E-state index in [2.05, 4.69) is 31.1 Å². The van der Waals surface area contributed by atoms with E-state index in [1.165, 1.54) is 0 Å². The highest BCUT2D eigenvalue weighted by molar-refractivity contribution is 9.10. The molecular weight excluding hydrogens is 342 g/mol. The zero-order valence-corrected chi connectivity index (χ0v) is 13.6. The van der Waals surface area contributed by atoms with Crippen LogP contribution in [0.5, 0.6) is 0 Å². The molecule has 22 heavy (non-hydrogen) atoms. The molecule has 5 heteroatoms. The molecule has 0 spiro atoms. The summed E-state index contributed by atoms with van der Waals surface area (Å²) in [5.74, 6) is 1.09. The predicted molar refractivity (Wildman–Crippen MR) is 89.1 cm³/mol. The molecule has 0 radical (unpaired) electrons. The van der Waals surface area contributed by atoms with Crippen molar-refractivity contribution in [2.75, 3.05) is 0 Å². The van der Waals surface area contributed by atoms with Crippen LogP contribution in [0.15, 0.2) is 51.5 Å². The van der Waals surface area contributed by atoms with Crippen molar-refractivity contribution in [2.24, 2.45) is 0 Å². The fourth-order valence-corrected chi connectivity index (χ4v) is 2.51. The van der Waals surface area contributed by atoms with Crippen molar-refractivity contribution < 1.29 is 4.42 Å². The standard InChI is InChI=1S/C17H14BrN3O/c1-12-14(5-3-9-19-12)7-8-16-20-21-17(22-16)11-13-4-2-6-15(18)10-13/h2-10H,11H2,1H3. The van der Waals surface area contributed by atoms with Crippen LogP contribution < -0.4 is 0 Å². The van der Waals surface area contributed by atoms with Crippen LogP contribution in [0.3, 0.4) is 0 Å². The Labute approximate surface area is 137 Å². The maximum atomic E-state index is 5.64. The normalized spacial score (nSPS) is 11.2. The molecule has 0 saturated carbocycles. The summed E-state index contributed by atoms with van der Waals surface area (Å²) in [6.07, 6.45) is 6.13. The van der Waals surface area contributed by atoms with Crippen molar-refractivity contribution in [1.29, 1.82) is 0 Å². The van der Waals surface area contributed by atoms with Gasteiger partial charge in [-0.1, -0.05) is 34.1 Å². The fourth-order valence-electron chi connectivity index (χ4n) is 2.06. The van der Waals surface area contributed by atoms with Crippen molar-refractivity contribution in [3.63, 3.8) is 0 Å². The first-order chi connectivity index (χ1) is 10.7. The summed E-state index contributed by atoms with van der Waals surface area (Å²) in [6, 6.07) is 11.9. The van der Waals surface area contributed by atoms with Crippen LogP contribution in [0.25, 0.3) is 12.2 Å². The second-order valence-electron chi connectivity index (χ2n) is 4.85. The van der Waals surface area contributed by atoms with E-state index in [1.54, 1.807) is 12.3 Å². The first-order valence-corrected chi connectivity index (χ1v) is 7.66. The Morgan fingerprint density at radius 3 is 2.86 bits per heavy atom. The third-order valence-corrected chi connectivity index (χ3v) is 3.67. The number of aryl methyl sites for hydroxylation is 1. The third-order valence-electron chi connectivity index (χ3n) is 3.18. The van der Waals surface area contributed by atoms with Gasteiger partial charge in [0.2, 0.25) is 11.8 Å². The zero-order valence-electron chi connectivity index (χ0n) is 12.0. The maximum Gasteiger partial charge on any atom is 0.240 e. The lowest BCUT2D eigenvalue weighted by Gasteiger charge is -1.97. The van der Waals surface area contributed by atoms with Gasteiger partial charge in [0.15, 0.2) is 0 Å². The molecule has 0 aliphatic heterocycles. The Balaban J connectivity index is 1.73. The second-order valence-corrected chi connectivity index (χ2v) is 5.77. The molecule has 2 heterocycles. The minimum absolute atomic E-state index is 0.494. The lowest BCUT2D eigenvalue weighted by molar-refractivity contribution is 0.496. The number of rotatable bonds is 4. The van der Waals surface area contributed by atoms with Gasteiger partial charge in [0.05, 0.1) is 6.42 Å². The van der Waals surface area contributed by atoms with Crippen molar-refractivity contribution >= 4 is 28.1 Å². The van der Waals surface area contributed by atoms with E-state index >= 15 is 0 Å². The van der Waals surface area contributed by atoms with Crippen molar-refractivity contribution in [2.45, 2.75) is 13.3 Å². The van der Waals surface area contributed by atoms with Crippen LogP contribution >= 0.6 is 15.9 Å². The van der Waals surface area contributed by atoms with E-state index < -0.39 is 0 Å². The topological polar surface area (TPSA) is 51.8 Å². The van der Waals surface area contributed by atoms with E-state index in [1.807, 2.05) is 49.4 Å². The Morgan fingerprint density at radius 2 is 2.05 bits per heavy atom. The minimum atomic E-state index is 0.494. The molecule has 0 N–H and O–H groups in total. The van der Waals surface area contributed by atoms with E-state index in [4.69, 9.17) is 4.42 Å². The molecule has 0 fully saturated rings. The third kappa shape index (κ3) is 3.68. The molecule has 2 aromatic heterocycles. The predicted octanol–water partition coefficient (Wildman–Crippen LogP) is 4.30. The van der Waals surface area contributed by atoms with Crippen LogP contribution in [0.1, 0.15) is 28.6 Å². The SMILES string of the molecule is Cc1ncccc1C=Cc1nnc(Cc2cccc(Br)c2)o1. The Kier molecular flexibility index (Phi) is 4.44. The van der Waals surface area contributed by atoms with E-state index in [9.17, 15) is 0 Å². The molecule has 3 rings (SSSR count). The van der Waals surface area contributed by atoms with Gasteiger partial charge in [-0.25, -0.2) is 0 Å². The van der Waals surface area contributed by atoms with Crippen molar-refractivity contribution in [1.82, 2.24) is 15.2 Å². The average molecular weight is 356 g/mol. The number of pyridine rings is 1. The molecule has 0 aliphatic rings. The van der Waals surface area contributed by atoms with E-state index in [-0.39, 0.29) is 0 Å². The van der Waals surface area contributed by atoms with E-state index in [0.29, 0.717) is 18.2 Å². The van der Waals surface area contributed by atoms with Gasteiger partial charge < -0.3 is 4.42 Å². The molecule has 110 valence electrons. The van der Waals surface area contributed by atoms with Gasteiger partial charge in [-0.3, -0.25) is 4.98 Å². The highest BCUT2D eigenvalue weighted by Crippen LogP contribution is 2.15. The van der Waals surface area contributed by atoms with Gasteiger partial charge in [0, 0.05) is 22.4 Å². The molecule has 3 aromatic rings. The number of hydrogen-bond acceptors (Lipinski definition) is 4. The smallest absolute Gasteiger partial charge is 0.240 e.